The molecule has 1 heterocycles. The molecule has 4 heteroatoms. The van der Waals surface area contributed by atoms with Gasteiger partial charge in [-0.1, -0.05) is 26.0 Å². The van der Waals surface area contributed by atoms with Crippen LogP contribution in [0, 0.1) is 5.41 Å². The Bertz CT molecular complexity index is 452. The number of nitrogens with one attached hydrogen (secondary N) is 1. The second-order valence-electron chi connectivity index (χ2n) is 6.06. The Labute approximate surface area is 114 Å². The van der Waals surface area contributed by atoms with Crippen LogP contribution in [0.4, 0.5) is 10.5 Å². The van der Waals surface area contributed by atoms with Gasteiger partial charge < -0.3 is 15.3 Å². The fraction of sp³-hybridized carbons (Fsp3) is 0.533. The van der Waals surface area contributed by atoms with Gasteiger partial charge in [0.1, 0.15) is 0 Å². The molecule has 2 rings (SSSR count). The monoisotopic (exact) mass is 262 g/mol. The van der Waals surface area contributed by atoms with Gasteiger partial charge in [0.05, 0.1) is 6.10 Å². The summed E-state index contributed by atoms with van der Waals surface area (Å²) in [5.74, 6) is 0. The van der Waals surface area contributed by atoms with Crippen LogP contribution in [-0.4, -0.2) is 29.1 Å². The van der Waals surface area contributed by atoms with Gasteiger partial charge in [-0.05, 0) is 36.5 Å². The summed E-state index contributed by atoms with van der Waals surface area (Å²) < 4.78 is 0. The minimum absolute atomic E-state index is 0.0460. The number of likely N-dealkylation sites (tertiary alicyclic amines) is 1. The van der Waals surface area contributed by atoms with E-state index in [4.69, 9.17) is 0 Å². The number of anilines is 1. The molecular weight excluding hydrogens is 240 g/mol. The van der Waals surface area contributed by atoms with E-state index in [-0.39, 0.29) is 11.4 Å². The van der Waals surface area contributed by atoms with E-state index < -0.39 is 6.10 Å². The van der Waals surface area contributed by atoms with E-state index in [9.17, 15) is 9.90 Å². The van der Waals surface area contributed by atoms with Crippen LogP contribution in [0.15, 0.2) is 24.3 Å². The normalized spacial score (nSPS) is 19.3. The average molecular weight is 262 g/mol. The number of nitrogens with zero attached hydrogens (tertiary/aromatic N) is 1. The molecule has 0 spiro atoms. The van der Waals surface area contributed by atoms with Crippen molar-refractivity contribution in [3.8, 4) is 0 Å². The minimum atomic E-state index is -0.482. The number of amides is 2. The Morgan fingerprint density at radius 2 is 2.00 bits per heavy atom. The van der Waals surface area contributed by atoms with Gasteiger partial charge >= 0.3 is 6.03 Å². The van der Waals surface area contributed by atoms with Crippen molar-refractivity contribution >= 4 is 11.7 Å². The van der Waals surface area contributed by atoms with Crippen LogP contribution in [0.2, 0.25) is 0 Å². The van der Waals surface area contributed by atoms with Crippen molar-refractivity contribution in [3.05, 3.63) is 29.8 Å². The lowest BCUT2D eigenvalue weighted by molar-refractivity contribution is 0.199. The first-order valence-electron chi connectivity index (χ1n) is 6.71. The van der Waals surface area contributed by atoms with Crippen LogP contribution >= 0.6 is 0 Å². The standard InChI is InChI=1S/C15H22N2O2/c1-11(18)12-4-6-13(7-5-12)16-14(19)17-9-8-15(2,3)10-17/h4-7,11,18H,8-10H2,1-3H3,(H,16,19). The summed E-state index contributed by atoms with van der Waals surface area (Å²) in [7, 11) is 0. The summed E-state index contributed by atoms with van der Waals surface area (Å²) in [5.41, 5.74) is 1.83. The molecule has 2 amide bonds. The summed E-state index contributed by atoms with van der Waals surface area (Å²) in [6.07, 6.45) is 0.561. The van der Waals surface area contributed by atoms with Gasteiger partial charge in [0.2, 0.25) is 0 Å². The van der Waals surface area contributed by atoms with Crippen molar-refractivity contribution in [2.45, 2.75) is 33.3 Å². The number of aliphatic hydroxyl groups excluding tert-OH is 1. The smallest absolute Gasteiger partial charge is 0.321 e. The van der Waals surface area contributed by atoms with Gasteiger partial charge in [0.25, 0.3) is 0 Å². The van der Waals surface area contributed by atoms with Gasteiger partial charge in [0, 0.05) is 18.8 Å². The largest absolute Gasteiger partial charge is 0.389 e. The first kappa shape index (κ1) is 13.9. The molecule has 19 heavy (non-hydrogen) atoms. The topological polar surface area (TPSA) is 52.6 Å². The second kappa shape index (κ2) is 5.21. The SMILES string of the molecule is CC(O)c1ccc(NC(=O)N2CCC(C)(C)C2)cc1. The molecule has 0 saturated carbocycles. The molecule has 104 valence electrons. The van der Waals surface area contributed by atoms with Crippen molar-refractivity contribution in [1.82, 2.24) is 4.90 Å². The maximum absolute atomic E-state index is 12.1. The number of aliphatic hydroxyl groups is 1. The number of carbonyl (C=O) groups excluding carboxylic acids is 1. The van der Waals surface area contributed by atoms with Crippen LogP contribution in [0.25, 0.3) is 0 Å². The van der Waals surface area contributed by atoms with Crippen molar-refractivity contribution in [2.75, 3.05) is 18.4 Å². The molecule has 1 aromatic carbocycles. The highest BCUT2D eigenvalue weighted by Crippen LogP contribution is 2.29. The van der Waals surface area contributed by atoms with Crippen molar-refractivity contribution in [2.24, 2.45) is 5.41 Å². The van der Waals surface area contributed by atoms with Crippen molar-refractivity contribution in [3.63, 3.8) is 0 Å². The fourth-order valence-corrected chi connectivity index (χ4v) is 2.33. The van der Waals surface area contributed by atoms with Crippen molar-refractivity contribution in [1.29, 1.82) is 0 Å². The molecule has 0 bridgehead atoms. The molecule has 1 aromatic rings. The van der Waals surface area contributed by atoms with E-state index in [0.29, 0.717) is 0 Å². The Hall–Kier alpha value is -1.55. The highest BCUT2D eigenvalue weighted by Gasteiger charge is 2.31. The summed E-state index contributed by atoms with van der Waals surface area (Å²) in [6.45, 7) is 7.69. The molecule has 0 aliphatic carbocycles. The lowest BCUT2D eigenvalue weighted by Gasteiger charge is -2.20. The summed E-state index contributed by atoms with van der Waals surface area (Å²) in [5, 5.41) is 12.3. The highest BCUT2D eigenvalue weighted by atomic mass is 16.3. The van der Waals surface area contributed by atoms with Crippen LogP contribution in [0.1, 0.15) is 38.9 Å². The quantitative estimate of drug-likeness (QED) is 0.860. The molecule has 2 N–H and O–H groups in total. The predicted octanol–water partition coefficient (Wildman–Crippen LogP) is 3.00. The van der Waals surface area contributed by atoms with Gasteiger partial charge in [-0.3, -0.25) is 0 Å². The van der Waals surface area contributed by atoms with Crippen molar-refractivity contribution < 1.29 is 9.90 Å². The van der Waals surface area contributed by atoms with Gasteiger partial charge in [-0.2, -0.15) is 0 Å². The zero-order valence-corrected chi connectivity index (χ0v) is 11.8. The molecule has 1 fully saturated rings. The summed E-state index contributed by atoms with van der Waals surface area (Å²) in [6, 6.07) is 7.25. The molecule has 0 aromatic heterocycles. The van der Waals surface area contributed by atoms with Gasteiger partial charge in [-0.15, -0.1) is 0 Å². The number of carbonyl (C=O) groups is 1. The molecule has 4 nitrogen and oxygen atoms in total. The Balaban J connectivity index is 1.96. The molecule has 1 unspecified atom stereocenters. The lowest BCUT2D eigenvalue weighted by Crippen LogP contribution is -2.34. The number of hydrogen-bond donors (Lipinski definition) is 2. The molecule has 1 aliphatic rings. The third kappa shape index (κ3) is 3.47. The zero-order chi connectivity index (χ0) is 14.0. The van der Waals surface area contributed by atoms with Crippen LogP contribution in [0.5, 0.6) is 0 Å². The second-order valence-corrected chi connectivity index (χ2v) is 6.06. The van der Waals surface area contributed by atoms with Crippen LogP contribution in [-0.2, 0) is 0 Å². The highest BCUT2D eigenvalue weighted by molar-refractivity contribution is 5.89. The van der Waals surface area contributed by atoms with E-state index in [1.807, 2.05) is 29.2 Å². The van der Waals surface area contributed by atoms with E-state index in [2.05, 4.69) is 19.2 Å². The molecule has 1 aliphatic heterocycles. The van der Waals surface area contributed by atoms with Gasteiger partial charge in [-0.25, -0.2) is 4.79 Å². The average Bonchev–Trinajstić information content (AvgIpc) is 2.70. The summed E-state index contributed by atoms with van der Waals surface area (Å²) in [4.78, 5) is 13.9. The predicted molar refractivity (Wildman–Crippen MR) is 76.1 cm³/mol. The third-order valence-corrected chi connectivity index (χ3v) is 3.61. The maximum atomic E-state index is 12.1. The summed E-state index contributed by atoms with van der Waals surface area (Å²) >= 11 is 0. The number of rotatable bonds is 2. The Morgan fingerprint density at radius 1 is 1.37 bits per heavy atom. The maximum Gasteiger partial charge on any atom is 0.321 e. The fourth-order valence-electron chi connectivity index (χ4n) is 2.33. The third-order valence-electron chi connectivity index (χ3n) is 3.61. The first-order valence-corrected chi connectivity index (χ1v) is 6.71. The van der Waals surface area contributed by atoms with E-state index in [0.717, 1.165) is 30.8 Å². The van der Waals surface area contributed by atoms with E-state index >= 15 is 0 Å². The zero-order valence-electron chi connectivity index (χ0n) is 11.8. The Kier molecular flexibility index (Phi) is 3.80. The molecule has 1 atom stereocenters. The number of urea groups is 1. The van der Waals surface area contributed by atoms with Crippen LogP contribution < -0.4 is 5.32 Å². The number of benzene rings is 1. The van der Waals surface area contributed by atoms with Crippen LogP contribution in [0.3, 0.4) is 0 Å². The number of hydrogen-bond acceptors (Lipinski definition) is 2. The first-order chi connectivity index (χ1) is 8.87. The van der Waals surface area contributed by atoms with Gasteiger partial charge in [0.15, 0.2) is 0 Å². The van der Waals surface area contributed by atoms with E-state index in [1.165, 1.54) is 0 Å². The van der Waals surface area contributed by atoms with E-state index in [1.54, 1.807) is 6.92 Å². The molecule has 0 radical (unpaired) electrons. The lowest BCUT2D eigenvalue weighted by atomic mass is 9.93. The molecule has 1 saturated heterocycles. The minimum Gasteiger partial charge on any atom is -0.389 e. The Morgan fingerprint density at radius 3 is 2.47 bits per heavy atom. The molecular formula is C15H22N2O2.